The third-order valence-corrected chi connectivity index (χ3v) is 3.53. The lowest BCUT2D eigenvalue weighted by Crippen LogP contribution is -2.33. The minimum atomic E-state index is -0.560. The van der Waals surface area contributed by atoms with Gasteiger partial charge < -0.3 is 10.6 Å². The van der Waals surface area contributed by atoms with Crippen molar-refractivity contribution in [3.63, 3.8) is 0 Å². The molecule has 2 atom stereocenters. The van der Waals surface area contributed by atoms with Crippen molar-refractivity contribution in [3.05, 3.63) is 35.4 Å². The number of nitrogens with one attached hydrogen (secondary N) is 2. The van der Waals surface area contributed by atoms with Gasteiger partial charge in [0, 0.05) is 30.5 Å². The Kier molecular flexibility index (Phi) is 7.05. The fourth-order valence-electron chi connectivity index (χ4n) is 2.38. The van der Waals surface area contributed by atoms with Gasteiger partial charge in [0.25, 0.3) is 0 Å². The van der Waals surface area contributed by atoms with Gasteiger partial charge in [-0.05, 0) is 31.5 Å². The Labute approximate surface area is 129 Å². The lowest BCUT2D eigenvalue weighted by molar-refractivity contribution is -0.122. The Hall–Kier alpha value is -1.20. The largest absolute Gasteiger partial charge is 0.355 e. The number of carbonyl (C=O) groups excluding carboxylic acids is 1. The first-order valence-corrected chi connectivity index (χ1v) is 7.07. The molecule has 1 amide bonds. The van der Waals surface area contributed by atoms with Crippen LogP contribution in [0.3, 0.4) is 0 Å². The molecule has 1 saturated carbocycles. The van der Waals surface area contributed by atoms with E-state index >= 15 is 0 Å². The van der Waals surface area contributed by atoms with Crippen LogP contribution in [-0.4, -0.2) is 25.5 Å². The first-order valence-electron chi connectivity index (χ1n) is 7.07. The molecule has 3 nitrogen and oxygen atoms in total. The van der Waals surface area contributed by atoms with E-state index in [1.54, 1.807) is 0 Å². The van der Waals surface area contributed by atoms with Crippen molar-refractivity contribution in [2.24, 2.45) is 5.92 Å². The van der Waals surface area contributed by atoms with Gasteiger partial charge in [-0.2, -0.15) is 0 Å². The van der Waals surface area contributed by atoms with E-state index in [-0.39, 0.29) is 35.7 Å². The van der Waals surface area contributed by atoms with Crippen molar-refractivity contribution in [2.75, 3.05) is 19.6 Å². The van der Waals surface area contributed by atoms with Gasteiger partial charge in [-0.15, -0.1) is 12.4 Å². The molecule has 1 aliphatic rings. The topological polar surface area (TPSA) is 41.1 Å². The lowest BCUT2D eigenvalue weighted by atomic mass is 10.1. The lowest BCUT2D eigenvalue weighted by Gasteiger charge is -2.07. The van der Waals surface area contributed by atoms with E-state index in [9.17, 15) is 13.6 Å². The third kappa shape index (κ3) is 4.64. The Morgan fingerprint density at radius 1 is 1.24 bits per heavy atom. The summed E-state index contributed by atoms with van der Waals surface area (Å²) in [4.78, 5) is 11.9. The fraction of sp³-hybridized carbons (Fsp3) is 0.533. The van der Waals surface area contributed by atoms with Crippen LogP contribution in [0, 0.1) is 17.6 Å². The summed E-state index contributed by atoms with van der Waals surface area (Å²) in [7, 11) is 0. The molecule has 0 radical (unpaired) electrons. The van der Waals surface area contributed by atoms with E-state index in [0.717, 1.165) is 13.0 Å². The Bertz CT molecular complexity index is 464. The SMILES string of the molecule is CCCNCCNC(=O)C1CC1c1c(F)cccc1F.Cl. The van der Waals surface area contributed by atoms with Gasteiger partial charge in [-0.25, -0.2) is 8.78 Å². The van der Waals surface area contributed by atoms with E-state index in [0.29, 0.717) is 19.5 Å². The van der Waals surface area contributed by atoms with Crippen LogP contribution in [0.2, 0.25) is 0 Å². The molecule has 1 fully saturated rings. The van der Waals surface area contributed by atoms with E-state index in [4.69, 9.17) is 0 Å². The average molecular weight is 319 g/mol. The van der Waals surface area contributed by atoms with Crippen LogP contribution in [-0.2, 0) is 4.79 Å². The summed E-state index contributed by atoms with van der Waals surface area (Å²) in [6.07, 6.45) is 1.57. The standard InChI is InChI=1S/C15H20F2N2O.ClH/c1-2-6-18-7-8-19-15(20)11-9-10(11)14-12(16)4-3-5-13(14)17;/h3-5,10-11,18H,2,6-9H2,1H3,(H,19,20);1H. The van der Waals surface area contributed by atoms with Crippen molar-refractivity contribution in [3.8, 4) is 0 Å². The molecule has 1 aromatic carbocycles. The highest BCUT2D eigenvalue weighted by Gasteiger charge is 2.46. The summed E-state index contributed by atoms with van der Waals surface area (Å²) in [5.41, 5.74) is 0.0526. The van der Waals surface area contributed by atoms with Crippen LogP contribution in [0.5, 0.6) is 0 Å². The first-order chi connectivity index (χ1) is 9.65. The van der Waals surface area contributed by atoms with Gasteiger partial charge in [0.1, 0.15) is 11.6 Å². The zero-order chi connectivity index (χ0) is 14.5. The molecule has 2 N–H and O–H groups in total. The second-order valence-corrected chi connectivity index (χ2v) is 5.13. The number of carbonyl (C=O) groups is 1. The summed E-state index contributed by atoms with van der Waals surface area (Å²) in [6.45, 7) is 4.25. The molecular weight excluding hydrogens is 298 g/mol. The maximum absolute atomic E-state index is 13.6. The van der Waals surface area contributed by atoms with Crippen LogP contribution < -0.4 is 10.6 Å². The fourth-order valence-corrected chi connectivity index (χ4v) is 2.38. The zero-order valence-electron chi connectivity index (χ0n) is 12.0. The second kappa shape index (κ2) is 8.29. The molecule has 0 heterocycles. The molecule has 0 aliphatic heterocycles. The maximum Gasteiger partial charge on any atom is 0.223 e. The number of hydrogen-bond donors (Lipinski definition) is 2. The summed E-state index contributed by atoms with van der Waals surface area (Å²) >= 11 is 0. The number of rotatable bonds is 7. The van der Waals surface area contributed by atoms with Crippen LogP contribution in [0.1, 0.15) is 31.2 Å². The molecule has 21 heavy (non-hydrogen) atoms. The Balaban J connectivity index is 0.00000220. The van der Waals surface area contributed by atoms with Crippen LogP contribution in [0.25, 0.3) is 0 Å². The first kappa shape index (κ1) is 17.9. The number of benzene rings is 1. The molecule has 1 aliphatic carbocycles. The maximum atomic E-state index is 13.6. The molecule has 6 heteroatoms. The van der Waals surface area contributed by atoms with Gasteiger partial charge in [0.05, 0.1) is 0 Å². The Morgan fingerprint density at radius 3 is 2.52 bits per heavy atom. The highest BCUT2D eigenvalue weighted by Crippen LogP contribution is 2.49. The van der Waals surface area contributed by atoms with Crippen molar-refractivity contribution < 1.29 is 13.6 Å². The van der Waals surface area contributed by atoms with Crippen LogP contribution >= 0.6 is 12.4 Å². The second-order valence-electron chi connectivity index (χ2n) is 5.13. The summed E-state index contributed by atoms with van der Waals surface area (Å²) in [5.74, 6) is -1.85. The van der Waals surface area contributed by atoms with E-state index in [2.05, 4.69) is 17.6 Å². The van der Waals surface area contributed by atoms with Crippen molar-refractivity contribution in [1.82, 2.24) is 10.6 Å². The quantitative estimate of drug-likeness (QED) is 0.759. The smallest absolute Gasteiger partial charge is 0.223 e. The average Bonchev–Trinajstić information content (AvgIpc) is 3.18. The minimum absolute atomic E-state index is 0. The molecular formula is C15H21ClF2N2O. The van der Waals surface area contributed by atoms with Crippen molar-refractivity contribution >= 4 is 18.3 Å². The van der Waals surface area contributed by atoms with Gasteiger partial charge in [0.15, 0.2) is 0 Å². The molecule has 2 rings (SSSR count). The molecule has 0 spiro atoms. The third-order valence-electron chi connectivity index (χ3n) is 3.53. The van der Waals surface area contributed by atoms with Crippen LogP contribution in [0.15, 0.2) is 18.2 Å². The molecule has 0 aromatic heterocycles. The Morgan fingerprint density at radius 2 is 1.90 bits per heavy atom. The minimum Gasteiger partial charge on any atom is -0.355 e. The van der Waals surface area contributed by atoms with Crippen molar-refractivity contribution in [2.45, 2.75) is 25.7 Å². The number of amides is 1. The zero-order valence-corrected chi connectivity index (χ0v) is 12.8. The molecule has 0 bridgehead atoms. The highest BCUT2D eigenvalue weighted by atomic mass is 35.5. The molecule has 0 saturated heterocycles. The van der Waals surface area contributed by atoms with E-state index in [1.165, 1.54) is 18.2 Å². The predicted octanol–water partition coefficient (Wildman–Crippen LogP) is 2.61. The number of halogens is 3. The summed E-state index contributed by atoms with van der Waals surface area (Å²) in [6, 6.07) is 3.81. The molecule has 1 aromatic rings. The van der Waals surface area contributed by atoms with E-state index in [1.807, 2.05) is 0 Å². The van der Waals surface area contributed by atoms with Crippen molar-refractivity contribution in [1.29, 1.82) is 0 Å². The van der Waals surface area contributed by atoms with Crippen LogP contribution in [0.4, 0.5) is 8.78 Å². The van der Waals surface area contributed by atoms with Gasteiger partial charge in [-0.1, -0.05) is 13.0 Å². The summed E-state index contributed by atoms with van der Waals surface area (Å²) < 4.78 is 27.2. The van der Waals surface area contributed by atoms with Gasteiger partial charge in [-0.3, -0.25) is 4.79 Å². The van der Waals surface area contributed by atoms with E-state index < -0.39 is 11.6 Å². The summed E-state index contributed by atoms with van der Waals surface area (Å²) in [5, 5.41) is 5.97. The highest BCUT2D eigenvalue weighted by molar-refractivity contribution is 5.85. The molecule has 118 valence electrons. The van der Waals surface area contributed by atoms with Gasteiger partial charge >= 0.3 is 0 Å². The van der Waals surface area contributed by atoms with Gasteiger partial charge in [0.2, 0.25) is 5.91 Å². The predicted molar refractivity (Wildman–Crippen MR) is 80.6 cm³/mol. The number of hydrogen-bond acceptors (Lipinski definition) is 2. The normalized spacial score (nSPS) is 19.8. The molecule has 2 unspecified atom stereocenters. The monoisotopic (exact) mass is 318 g/mol.